The van der Waals surface area contributed by atoms with Crippen LogP contribution in [-0.2, 0) is 15.1 Å². The van der Waals surface area contributed by atoms with Crippen molar-refractivity contribution in [3.63, 3.8) is 0 Å². The first-order chi connectivity index (χ1) is 15.2. The van der Waals surface area contributed by atoms with Gasteiger partial charge in [0.2, 0.25) is 5.91 Å². The molecule has 8 nitrogen and oxygen atoms in total. The molecule has 0 aliphatic carbocycles. The Morgan fingerprint density at radius 3 is 2.38 bits per heavy atom. The summed E-state index contributed by atoms with van der Waals surface area (Å²) in [4.78, 5) is 53.1. The molecule has 2 aromatic carbocycles. The number of halogens is 1. The first kappa shape index (κ1) is 23.3. The van der Waals surface area contributed by atoms with Gasteiger partial charge in [0, 0.05) is 29.4 Å². The Balaban J connectivity index is 1.71. The van der Waals surface area contributed by atoms with E-state index >= 15 is 0 Å². The van der Waals surface area contributed by atoms with Crippen LogP contribution in [0.25, 0.3) is 0 Å². The smallest absolute Gasteiger partial charge is 0.325 e. The first-order valence-corrected chi connectivity index (χ1v) is 10.7. The Labute approximate surface area is 191 Å². The van der Waals surface area contributed by atoms with E-state index in [1.165, 1.54) is 0 Å². The molecular formula is C23H25ClN4O4. The first-order valence-electron chi connectivity index (χ1n) is 10.3. The summed E-state index contributed by atoms with van der Waals surface area (Å²) in [6.45, 7) is 6.06. The maximum atomic E-state index is 13.0. The number of amides is 5. The van der Waals surface area contributed by atoms with Gasteiger partial charge in [-0.2, -0.15) is 0 Å². The van der Waals surface area contributed by atoms with Gasteiger partial charge in [-0.25, -0.2) is 4.79 Å². The summed E-state index contributed by atoms with van der Waals surface area (Å²) < 4.78 is 0. The number of nitrogens with one attached hydrogen (secondary N) is 2. The second kappa shape index (κ2) is 9.40. The fourth-order valence-electron chi connectivity index (χ4n) is 3.59. The Bertz CT molecular complexity index is 1050. The predicted molar refractivity (Wildman–Crippen MR) is 121 cm³/mol. The van der Waals surface area contributed by atoms with E-state index in [0.717, 1.165) is 4.90 Å². The molecule has 0 radical (unpaired) electrons. The molecule has 1 saturated heterocycles. The molecule has 5 amide bonds. The lowest BCUT2D eigenvalue weighted by Gasteiger charge is -2.22. The Hall–Kier alpha value is -3.39. The van der Waals surface area contributed by atoms with Gasteiger partial charge in [-0.1, -0.05) is 29.8 Å². The lowest BCUT2D eigenvalue weighted by Crippen LogP contribution is -2.42. The zero-order valence-corrected chi connectivity index (χ0v) is 18.9. The number of urea groups is 1. The number of hydrogen-bond acceptors (Lipinski definition) is 4. The third kappa shape index (κ3) is 4.60. The second-order valence-corrected chi connectivity index (χ2v) is 8.00. The fourth-order valence-corrected chi connectivity index (χ4v) is 3.71. The van der Waals surface area contributed by atoms with Crippen molar-refractivity contribution in [3.8, 4) is 0 Å². The van der Waals surface area contributed by atoms with Gasteiger partial charge < -0.3 is 15.5 Å². The summed E-state index contributed by atoms with van der Waals surface area (Å²) in [6, 6.07) is 12.5. The van der Waals surface area contributed by atoms with Crippen LogP contribution in [0.15, 0.2) is 48.5 Å². The molecule has 0 saturated carbocycles. The van der Waals surface area contributed by atoms with Crippen molar-refractivity contribution < 1.29 is 19.2 Å². The van der Waals surface area contributed by atoms with Crippen LogP contribution in [-0.4, -0.2) is 53.2 Å². The number of rotatable bonds is 7. The molecule has 1 fully saturated rings. The molecule has 1 aliphatic heterocycles. The normalized spacial score (nSPS) is 17.8. The molecule has 1 aliphatic rings. The minimum absolute atomic E-state index is 0.140. The second-order valence-electron chi connectivity index (χ2n) is 7.56. The van der Waals surface area contributed by atoms with Crippen LogP contribution >= 0.6 is 11.6 Å². The summed E-state index contributed by atoms with van der Waals surface area (Å²) in [7, 11) is 0. The van der Waals surface area contributed by atoms with Gasteiger partial charge in [0.1, 0.15) is 12.1 Å². The van der Waals surface area contributed by atoms with Gasteiger partial charge in [-0.3, -0.25) is 19.3 Å². The van der Waals surface area contributed by atoms with Crippen LogP contribution < -0.4 is 10.6 Å². The molecule has 0 aromatic heterocycles. The van der Waals surface area contributed by atoms with E-state index < -0.39 is 29.9 Å². The lowest BCUT2D eigenvalue weighted by molar-refractivity contribution is -0.133. The van der Waals surface area contributed by atoms with Gasteiger partial charge in [-0.05, 0) is 56.7 Å². The molecule has 2 aromatic rings. The highest BCUT2D eigenvalue weighted by molar-refractivity contribution is 6.30. The molecule has 0 spiro atoms. The standard InChI is InChI=1S/C23H25ClN4O4/c1-4-27(5-2)20(30)15-7-6-8-18(13-15)25-19(29)14-28-21(31)23(3,26-22(28)32)16-9-11-17(24)12-10-16/h6-13H,4-5,14H2,1-3H3,(H,25,29)(H,26,32). The van der Waals surface area contributed by atoms with E-state index in [-0.39, 0.29) is 5.91 Å². The third-order valence-electron chi connectivity index (χ3n) is 5.44. The fraction of sp³-hybridized carbons (Fsp3) is 0.304. The topological polar surface area (TPSA) is 98.8 Å². The summed E-state index contributed by atoms with van der Waals surface area (Å²) in [6.07, 6.45) is 0. The van der Waals surface area contributed by atoms with Crippen molar-refractivity contribution in [2.45, 2.75) is 26.3 Å². The van der Waals surface area contributed by atoms with Crippen molar-refractivity contribution >= 4 is 41.0 Å². The zero-order chi connectivity index (χ0) is 23.5. The molecule has 9 heteroatoms. The predicted octanol–water partition coefficient (Wildman–Crippen LogP) is 3.23. The number of carbonyl (C=O) groups excluding carboxylic acids is 4. The number of nitrogens with zero attached hydrogens (tertiary/aromatic N) is 2. The van der Waals surface area contributed by atoms with Gasteiger partial charge in [-0.15, -0.1) is 0 Å². The summed E-state index contributed by atoms with van der Waals surface area (Å²) >= 11 is 5.91. The number of carbonyl (C=O) groups is 4. The van der Waals surface area contributed by atoms with E-state index in [1.54, 1.807) is 60.4 Å². The molecule has 0 bridgehead atoms. The van der Waals surface area contributed by atoms with Gasteiger partial charge in [0.25, 0.3) is 11.8 Å². The highest BCUT2D eigenvalue weighted by atomic mass is 35.5. The number of anilines is 1. The van der Waals surface area contributed by atoms with Crippen LogP contribution in [0.4, 0.5) is 10.5 Å². The van der Waals surface area contributed by atoms with Crippen molar-refractivity contribution in [2.75, 3.05) is 25.0 Å². The van der Waals surface area contributed by atoms with Crippen molar-refractivity contribution in [3.05, 3.63) is 64.7 Å². The Morgan fingerprint density at radius 2 is 1.75 bits per heavy atom. The molecular weight excluding hydrogens is 432 g/mol. The Morgan fingerprint density at radius 1 is 1.09 bits per heavy atom. The summed E-state index contributed by atoms with van der Waals surface area (Å²) in [5, 5.41) is 5.81. The average molecular weight is 457 g/mol. The van der Waals surface area contributed by atoms with E-state index in [0.29, 0.717) is 34.9 Å². The van der Waals surface area contributed by atoms with Gasteiger partial charge >= 0.3 is 6.03 Å². The summed E-state index contributed by atoms with van der Waals surface area (Å²) in [5.41, 5.74) is 0.112. The molecule has 168 valence electrons. The van der Waals surface area contributed by atoms with E-state index in [1.807, 2.05) is 13.8 Å². The number of hydrogen-bond donors (Lipinski definition) is 2. The van der Waals surface area contributed by atoms with Crippen LogP contribution in [0.5, 0.6) is 0 Å². The van der Waals surface area contributed by atoms with Crippen molar-refractivity contribution in [1.82, 2.24) is 15.1 Å². The molecule has 1 unspecified atom stereocenters. The largest absolute Gasteiger partial charge is 0.339 e. The van der Waals surface area contributed by atoms with E-state index in [4.69, 9.17) is 11.6 Å². The van der Waals surface area contributed by atoms with Crippen molar-refractivity contribution in [2.24, 2.45) is 0 Å². The van der Waals surface area contributed by atoms with Crippen molar-refractivity contribution in [1.29, 1.82) is 0 Å². The maximum Gasteiger partial charge on any atom is 0.325 e. The quantitative estimate of drug-likeness (QED) is 0.625. The number of imide groups is 1. The minimum Gasteiger partial charge on any atom is -0.339 e. The minimum atomic E-state index is -1.29. The zero-order valence-electron chi connectivity index (χ0n) is 18.1. The highest BCUT2D eigenvalue weighted by Crippen LogP contribution is 2.29. The molecule has 1 heterocycles. The Kier molecular flexibility index (Phi) is 6.84. The molecule has 2 N–H and O–H groups in total. The summed E-state index contributed by atoms with van der Waals surface area (Å²) in [5.74, 6) is -1.23. The van der Waals surface area contributed by atoms with Gasteiger partial charge in [0.05, 0.1) is 0 Å². The van der Waals surface area contributed by atoms with Crippen LogP contribution in [0, 0.1) is 0 Å². The third-order valence-corrected chi connectivity index (χ3v) is 5.69. The van der Waals surface area contributed by atoms with Gasteiger partial charge in [0.15, 0.2) is 0 Å². The molecule has 32 heavy (non-hydrogen) atoms. The average Bonchev–Trinajstić information content (AvgIpc) is 2.99. The molecule has 1 atom stereocenters. The maximum absolute atomic E-state index is 13.0. The van der Waals surface area contributed by atoms with E-state index in [9.17, 15) is 19.2 Å². The SMILES string of the molecule is CCN(CC)C(=O)c1cccc(NC(=O)CN2C(=O)NC(C)(c3ccc(Cl)cc3)C2=O)c1. The monoisotopic (exact) mass is 456 g/mol. The highest BCUT2D eigenvalue weighted by Gasteiger charge is 2.49. The van der Waals surface area contributed by atoms with Crippen LogP contribution in [0.3, 0.4) is 0 Å². The number of benzene rings is 2. The van der Waals surface area contributed by atoms with Crippen LogP contribution in [0.1, 0.15) is 36.7 Å². The lowest BCUT2D eigenvalue weighted by atomic mass is 9.92. The van der Waals surface area contributed by atoms with Crippen LogP contribution in [0.2, 0.25) is 5.02 Å². The molecule has 3 rings (SSSR count). The van der Waals surface area contributed by atoms with E-state index in [2.05, 4.69) is 10.6 Å².